The summed E-state index contributed by atoms with van der Waals surface area (Å²) in [4.78, 5) is 25.1. The molecule has 0 radical (unpaired) electrons. The van der Waals surface area contributed by atoms with Gasteiger partial charge in [0.25, 0.3) is 5.78 Å². The van der Waals surface area contributed by atoms with Gasteiger partial charge in [-0.15, -0.1) is 0 Å². The van der Waals surface area contributed by atoms with Gasteiger partial charge in [-0.1, -0.05) is 0 Å². The molecule has 2 aromatic heterocycles. The Morgan fingerprint density at radius 1 is 1.23 bits per heavy atom. The Morgan fingerprint density at radius 2 is 2.07 bits per heavy atom. The Hall–Kier alpha value is -3.00. The van der Waals surface area contributed by atoms with E-state index in [-0.39, 0.29) is 5.91 Å². The Balaban J connectivity index is 1.20. The lowest BCUT2D eigenvalue weighted by atomic mass is 10.1. The molecule has 1 amide bonds. The van der Waals surface area contributed by atoms with Crippen molar-refractivity contribution in [1.29, 1.82) is 0 Å². The van der Waals surface area contributed by atoms with Crippen LogP contribution in [0.5, 0.6) is 5.75 Å². The maximum absolute atomic E-state index is 13.0. The quantitative estimate of drug-likeness (QED) is 0.666. The van der Waals surface area contributed by atoms with Crippen molar-refractivity contribution in [2.45, 2.75) is 33.2 Å². The highest BCUT2D eigenvalue weighted by Gasteiger charge is 2.25. The van der Waals surface area contributed by atoms with Crippen LogP contribution >= 0.6 is 0 Å². The highest BCUT2D eigenvalue weighted by molar-refractivity contribution is 5.79. The highest BCUT2D eigenvalue weighted by atomic mass is 16.5. The van der Waals surface area contributed by atoms with Crippen LogP contribution in [0.2, 0.25) is 0 Å². The van der Waals surface area contributed by atoms with Gasteiger partial charge in [0.2, 0.25) is 5.91 Å². The van der Waals surface area contributed by atoms with Gasteiger partial charge in [-0.2, -0.15) is 10.1 Å². The number of nitrogens with one attached hydrogen (secondary N) is 1. The van der Waals surface area contributed by atoms with Gasteiger partial charge in [-0.25, -0.2) is 9.50 Å². The lowest BCUT2D eigenvalue weighted by molar-refractivity contribution is -0.917. The summed E-state index contributed by atoms with van der Waals surface area (Å²) >= 11 is 0. The molecule has 0 bridgehead atoms. The van der Waals surface area contributed by atoms with Crippen molar-refractivity contribution >= 4 is 11.7 Å². The molecule has 3 aromatic rings. The molecule has 0 unspecified atom stereocenters. The van der Waals surface area contributed by atoms with Crippen LogP contribution in [-0.2, 0) is 24.2 Å². The van der Waals surface area contributed by atoms with Crippen LogP contribution in [0.4, 0.5) is 0 Å². The minimum atomic E-state index is 0.163. The number of nitrogens with zero attached hydrogens (tertiary/aromatic N) is 5. The fourth-order valence-electron chi connectivity index (χ4n) is 4.56. The number of amides is 1. The molecule has 2 aliphatic rings. The second-order valence-electron chi connectivity index (χ2n) is 8.26. The minimum Gasteiger partial charge on any atom is -0.493 e. The molecule has 8 nitrogen and oxygen atoms in total. The third kappa shape index (κ3) is 3.52. The Bertz CT molecular complexity index is 1100. The van der Waals surface area contributed by atoms with Crippen molar-refractivity contribution in [3.05, 3.63) is 52.6 Å². The smallest absolute Gasteiger partial charge is 0.252 e. The molecule has 8 heteroatoms. The fourth-order valence-corrected chi connectivity index (χ4v) is 4.56. The van der Waals surface area contributed by atoms with Gasteiger partial charge in [0.15, 0.2) is 0 Å². The van der Waals surface area contributed by atoms with Crippen molar-refractivity contribution in [1.82, 2.24) is 24.5 Å². The zero-order valence-corrected chi connectivity index (χ0v) is 17.5. The first kappa shape index (κ1) is 19.0. The number of hydrogen-bond donors (Lipinski definition) is 1. The third-order valence-corrected chi connectivity index (χ3v) is 6.35. The monoisotopic (exact) mass is 407 g/mol. The standard InChI is InChI=1S/C22H26N6O2/c1-15-19(16(2)28-22(25-15)23-14-24-28)12-21(29)27-8-6-26(7-9-27)13-17-3-4-20-18(11-17)5-10-30-20/h3-4,11,14H,5-10,12-13H2,1-2H3/p+1. The van der Waals surface area contributed by atoms with E-state index in [1.807, 2.05) is 18.7 Å². The average molecular weight is 407 g/mol. The first-order chi connectivity index (χ1) is 14.6. The van der Waals surface area contributed by atoms with Gasteiger partial charge in [0.05, 0.1) is 39.2 Å². The van der Waals surface area contributed by atoms with Crippen LogP contribution in [0, 0.1) is 13.8 Å². The van der Waals surface area contributed by atoms with Gasteiger partial charge < -0.3 is 14.5 Å². The van der Waals surface area contributed by atoms with E-state index in [0.717, 1.165) is 68.5 Å². The van der Waals surface area contributed by atoms with Gasteiger partial charge >= 0.3 is 0 Å². The molecular formula is C22H27N6O2+. The number of aromatic nitrogens is 4. The molecule has 0 aliphatic carbocycles. The normalized spacial score (nSPS) is 16.7. The second kappa shape index (κ2) is 7.68. The summed E-state index contributed by atoms with van der Waals surface area (Å²) in [7, 11) is 0. The largest absolute Gasteiger partial charge is 0.493 e. The van der Waals surface area contributed by atoms with E-state index in [9.17, 15) is 4.79 Å². The summed E-state index contributed by atoms with van der Waals surface area (Å²) in [6.07, 6.45) is 2.87. The van der Waals surface area contributed by atoms with E-state index in [0.29, 0.717) is 12.2 Å². The lowest BCUT2D eigenvalue weighted by Gasteiger charge is -2.32. The molecule has 4 heterocycles. The van der Waals surface area contributed by atoms with E-state index in [4.69, 9.17) is 4.74 Å². The van der Waals surface area contributed by atoms with Gasteiger partial charge in [0, 0.05) is 28.9 Å². The predicted octanol–water partition coefficient (Wildman–Crippen LogP) is 0.146. The predicted molar refractivity (Wildman–Crippen MR) is 111 cm³/mol. The number of carbonyl (C=O) groups is 1. The molecule has 1 saturated heterocycles. The van der Waals surface area contributed by atoms with Crippen molar-refractivity contribution < 1.29 is 14.4 Å². The summed E-state index contributed by atoms with van der Waals surface area (Å²) < 4.78 is 7.31. The molecule has 0 saturated carbocycles. The van der Waals surface area contributed by atoms with Crippen molar-refractivity contribution in [3.63, 3.8) is 0 Å². The minimum absolute atomic E-state index is 0.163. The molecular weight excluding hydrogens is 380 g/mol. The number of ether oxygens (including phenoxy) is 1. The third-order valence-electron chi connectivity index (χ3n) is 6.35. The first-order valence-electron chi connectivity index (χ1n) is 10.6. The summed E-state index contributed by atoms with van der Waals surface area (Å²) in [6, 6.07) is 6.56. The van der Waals surface area contributed by atoms with E-state index in [1.165, 1.54) is 22.4 Å². The van der Waals surface area contributed by atoms with Gasteiger partial charge in [-0.3, -0.25) is 4.79 Å². The van der Waals surface area contributed by atoms with Crippen LogP contribution < -0.4 is 9.64 Å². The number of piperazine rings is 1. The van der Waals surface area contributed by atoms with E-state index in [2.05, 4.69) is 33.3 Å². The molecule has 5 rings (SSSR count). The maximum atomic E-state index is 13.0. The lowest BCUT2D eigenvalue weighted by Crippen LogP contribution is -3.13. The zero-order chi connectivity index (χ0) is 20.7. The molecule has 156 valence electrons. The highest BCUT2D eigenvalue weighted by Crippen LogP contribution is 2.25. The first-order valence-corrected chi connectivity index (χ1v) is 10.6. The Morgan fingerprint density at radius 3 is 2.90 bits per heavy atom. The molecule has 0 atom stereocenters. The second-order valence-corrected chi connectivity index (χ2v) is 8.26. The number of hydrogen-bond acceptors (Lipinski definition) is 5. The average Bonchev–Trinajstić information content (AvgIpc) is 3.40. The molecule has 1 fully saturated rings. The number of rotatable bonds is 4. The summed E-state index contributed by atoms with van der Waals surface area (Å²) in [6.45, 7) is 9.23. The molecule has 1 aromatic carbocycles. The van der Waals surface area contributed by atoms with E-state index < -0.39 is 0 Å². The van der Waals surface area contributed by atoms with Crippen LogP contribution in [-0.4, -0.2) is 63.2 Å². The number of quaternary nitrogens is 1. The number of carbonyl (C=O) groups excluding carboxylic acids is 1. The van der Waals surface area contributed by atoms with Gasteiger partial charge in [-0.05, 0) is 37.6 Å². The molecule has 0 spiro atoms. The Labute approximate surface area is 175 Å². The number of aryl methyl sites for hydroxylation is 2. The summed E-state index contributed by atoms with van der Waals surface area (Å²) in [5.74, 6) is 1.78. The van der Waals surface area contributed by atoms with Crippen LogP contribution in [0.3, 0.4) is 0 Å². The molecule has 2 aliphatic heterocycles. The number of benzene rings is 1. The van der Waals surface area contributed by atoms with Crippen molar-refractivity contribution in [2.24, 2.45) is 0 Å². The fraction of sp³-hybridized carbons (Fsp3) is 0.455. The number of fused-ring (bicyclic) bond motifs is 2. The van der Waals surface area contributed by atoms with E-state index in [1.54, 1.807) is 4.52 Å². The van der Waals surface area contributed by atoms with Crippen LogP contribution in [0.15, 0.2) is 24.5 Å². The Kier molecular flexibility index (Phi) is 4.86. The van der Waals surface area contributed by atoms with E-state index >= 15 is 0 Å². The zero-order valence-electron chi connectivity index (χ0n) is 17.5. The van der Waals surface area contributed by atoms with Crippen LogP contribution in [0.25, 0.3) is 5.78 Å². The summed E-state index contributed by atoms with van der Waals surface area (Å²) in [5.41, 5.74) is 5.42. The summed E-state index contributed by atoms with van der Waals surface area (Å²) in [5, 5.41) is 4.22. The van der Waals surface area contributed by atoms with Crippen molar-refractivity contribution in [2.75, 3.05) is 32.8 Å². The van der Waals surface area contributed by atoms with Gasteiger partial charge in [0.1, 0.15) is 18.6 Å². The SMILES string of the molecule is Cc1nc2ncnn2c(C)c1CC(=O)N1CC[NH+](Cc2ccc3c(c2)CCO3)CC1. The van der Waals surface area contributed by atoms with Crippen molar-refractivity contribution in [3.8, 4) is 5.75 Å². The molecule has 1 N–H and O–H groups in total. The van der Waals surface area contributed by atoms with Crippen LogP contribution in [0.1, 0.15) is 28.1 Å². The topological polar surface area (TPSA) is 77.1 Å². The maximum Gasteiger partial charge on any atom is 0.252 e. The molecule has 30 heavy (non-hydrogen) atoms.